The molecule has 3 rings (SSSR count). The van der Waals surface area contributed by atoms with Gasteiger partial charge in [0, 0.05) is 13.1 Å². The fourth-order valence-electron chi connectivity index (χ4n) is 4.90. The molecule has 168 valence electrons. The molecule has 2 heterocycles. The fourth-order valence-corrected chi connectivity index (χ4v) is 6.97. The highest BCUT2D eigenvalue weighted by Crippen LogP contribution is 2.30. The third-order valence-electron chi connectivity index (χ3n) is 6.50. The molecule has 2 saturated heterocycles. The number of benzene rings is 1. The van der Waals surface area contributed by atoms with E-state index in [1.807, 2.05) is 32.9 Å². The van der Waals surface area contributed by atoms with Crippen LogP contribution in [-0.2, 0) is 14.8 Å². The number of hydrogen-bond donors (Lipinski definition) is 1. The van der Waals surface area contributed by atoms with Crippen molar-refractivity contribution in [2.45, 2.75) is 70.7 Å². The van der Waals surface area contributed by atoms with Gasteiger partial charge in [0.25, 0.3) is 0 Å². The van der Waals surface area contributed by atoms with E-state index in [9.17, 15) is 13.2 Å². The van der Waals surface area contributed by atoms with Gasteiger partial charge in [-0.25, -0.2) is 8.42 Å². The van der Waals surface area contributed by atoms with Crippen molar-refractivity contribution in [3.05, 3.63) is 28.8 Å². The van der Waals surface area contributed by atoms with Crippen LogP contribution in [0.1, 0.15) is 55.7 Å². The van der Waals surface area contributed by atoms with Crippen LogP contribution in [0.15, 0.2) is 17.0 Å². The molecule has 6 nitrogen and oxygen atoms in total. The summed E-state index contributed by atoms with van der Waals surface area (Å²) >= 11 is 0. The molecule has 0 aliphatic carbocycles. The molecule has 1 N–H and O–H groups in total. The van der Waals surface area contributed by atoms with E-state index in [1.165, 1.54) is 17.1 Å². The average molecular weight is 436 g/mol. The van der Waals surface area contributed by atoms with Crippen LogP contribution >= 0.6 is 0 Å². The highest BCUT2D eigenvalue weighted by Gasteiger charge is 2.40. The van der Waals surface area contributed by atoms with Gasteiger partial charge >= 0.3 is 0 Å². The minimum absolute atomic E-state index is 0.161. The van der Waals surface area contributed by atoms with Crippen molar-refractivity contribution in [1.29, 1.82) is 0 Å². The lowest BCUT2D eigenvalue weighted by atomic mass is 9.99. The summed E-state index contributed by atoms with van der Waals surface area (Å²) in [5.41, 5.74) is 2.53. The highest BCUT2D eigenvalue weighted by atomic mass is 32.2. The van der Waals surface area contributed by atoms with Crippen molar-refractivity contribution in [3.63, 3.8) is 0 Å². The molecule has 0 saturated carbocycles. The van der Waals surface area contributed by atoms with Crippen molar-refractivity contribution in [1.82, 2.24) is 14.5 Å². The van der Waals surface area contributed by atoms with Crippen LogP contribution < -0.4 is 5.32 Å². The molecule has 1 unspecified atom stereocenters. The third-order valence-corrected chi connectivity index (χ3v) is 8.72. The minimum Gasteiger partial charge on any atom is -0.355 e. The number of nitrogens with one attached hydrogen (secondary N) is 1. The van der Waals surface area contributed by atoms with Crippen LogP contribution in [0.2, 0.25) is 0 Å². The quantitative estimate of drug-likeness (QED) is 0.669. The first-order valence-electron chi connectivity index (χ1n) is 11.3. The van der Waals surface area contributed by atoms with Gasteiger partial charge in [0.05, 0.1) is 4.90 Å². The molecular weight excluding hydrogens is 398 g/mol. The largest absolute Gasteiger partial charge is 0.355 e. The van der Waals surface area contributed by atoms with E-state index in [-0.39, 0.29) is 5.91 Å². The Labute approximate surface area is 182 Å². The van der Waals surface area contributed by atoms with Gasteiger partial charge in [-0.15, -0.1) is 0 Å². The molecule has 0 bridgehead atoms. The maximum atomic E-state index is 13.4. The second kappa shape index (κ2) is 9.79. The number of likely N-dealkylation sites (tertiary alicyclic amines) is 1. The van der Waals surface area contributed by atoms with Gasteiger partial charge in [-0.3, -0.25) is 4.79 Å². The minimum atomic E-state index is -3.70. The molecule has 1 aromatic rings. The first-order chi connectivity index (χ1) is 14.2. The predicted octanol–water partition coefficient (Wildman–Crippen LogP) is 3.00. The van der Waals surface area contributed by atoms with Crippen LogP contribution in [0.5, 0.6) is 0 Å². The van der Waals surface area contributed by atoms with Gasteiger partial charge in [-0.2, -0.15) is 4.31 Å². The second-order valence-electron chi connectivity index (χ2n) is 9.17. The summed E-state index contributed by atoms with van der Waals surface area (Å²) in [6, 6.07) is 3.18. The Hall–Kier alpha value is -1.44. The lowest BCUT2D eigenvalue weighted by Gasteiger charge is -2.30. The van der Waals surface area contributed by atoms with E-state index in [4.69, 9.17) is 0 Å². The molecule has 1 amide bonds. The molecule has 2 aliphatic heterocycles. The summed E-state index contributed by atoms with van der Waals surface area (Å²) in [5.74, 6) is 0.655. The molecule has 2 fully saturated rings. The lowest BCUT2D eigenvalue weighted by molar-refractivity contribution is -0.124. The Morgan fingerprint density at radius 3 is 2.33 bits per heavy atom. The summed E-state index contributed by atoms with van der Waals surface area (Å²) < 4.78 is 28.2. The van der Waals surface area contributed by atoms with Crippen LogP contribution in [-0.4, -0.2) is 62.3 Å². The standard InChI is InChI=1S/C23H37N3O3S/c1-17-8-13-25(14-9-17)11-6-10-24-23(27)21-7-5-12-26(21)30(28,29)22-19(3)15-18(2)16-20(22)4/h15-17,21H,5-14H2,1-4H3,(H,24,27). The van der Waals surface area contributed by atoms with Crippen molar-refractivity contribution in [2.24, 2.45) is 5.92 Å². The number of aryl methyl sites for hydroxylation is 3. The molecule has 1 atom stereocenters. The Kier molecular flexibility index (Phi) is 7.58. The van der Waals surface area contributed by atoms with Crippen LogP contribution in [0.25, 0.3) is 0 Å². The summed E-state index contributed by atoms with van der Waals surface area (Å²) in [4.78, 5) is 15.6. The SMILES string of the molecule is Cc1cc(C)c(S(=O)(=O)N2CCCC2C(=O)NCCCN2CCC(C)CC2)c(C)c1. The molecule has 2 aliphatic rings. The number of piperidine rings is 1. The normalized spacial score (nSPS) is 21.8. The maximum absolute atomic E-state index is 13.4. The van der Waals surface area contributed by atoms with Crippen LogP contribution in [0, 0.1) is 26.7 Å². The lowest BCUT2D eigenvalue weighted by Crippen LogP contribution is -2.46. The number of carbonyl (C=O) groups excluding carboxylic acids is 1. The first kappa shape index (κ1) is 23.2. The smallest absolute Gasteiger partial charge is 0.244 e. The molecular formula is C23H37N3O3S. The molecule has 30 heavy (non-hydrogen) atoms. The van der Waals surface area contributed by atoms with Gasteiger partial charge in [0.15, 0.2) is 0 Å². The molecule has 7 heteroatoms. The molecule has 1 aromatic carbocycles. The van der Waals surface area contributed by atoms with E-state index >= 15 is 0 Å². The average Bonchev–Trinajstić information content (AvgIpc) is 3.16. The zero-order valence-corrected chi connectivity index (χ0v) is 19.7. The van der Waals surface area contributed by atoms with E-state index < -0.39 is 16.1 Å². The van der Waals surface area contributed by atoms with E-state index in [1.54, 1.807) is 0 Å². The number of rotatable bonds is 7. The second-order valence-corrected chi connectivity index (χ2v) is 11.0. The zero-order valence-electron chi connectivity index (χ0n) is 18.9. The van der Waals surface area contributed by atoms with Crippen molar-refractivity contribution >= 4 is 15.9 Å². The first-order valence-corrected chi connectivity index (χ1v) is 12.7. The number of nitrogens with zero attached hydrogens (tertiary/aromatic N) is 2. The Morgan fingerprint density at radius 1 is 1.07 bits per heavy atom. The summed E-state index contributed by atoms with van der Waals surface area (Å²) in [7, 11) is -3.70. The van der Waals surface area contributed by atoms with Crippen molar-refractivity contribution < 1.29 is 13.2 Å². The van der Waals surface area contributed by atoms with E-state index in [0.717, 1.165) is 48.7 Å². The Bertz CT molecular complexity index is 837. The molecule has 0 spiro atoms. The van der Waals surface area contributed by atoms with Crippen molar-refractivity contribution in [3.8, 4) is 0 Å². The van der Waals surface area contributed by atoms with Gasteiger partial charge in [0.1, 0.15) is 6.04 Å². The number of carbonyl (C=O) groups is 1. The molecule has 0 radical (unpaired) electrons. The van der Waals surface area contributed by atoms with Gasteiger partial charge in [-0.05, 0) is 89.6 Å². The van der Waals surface area contributed by atoms with E-state index in [0.29, 0.717) is 30.8 Å². The number of sulfonamides is 1. The van der Waals surface area contributed by atoms with Gasteiger partial charge in [-0.1, -0.05) is 24.6 Å². The van der Waals surface area contributed by atoms with Crippen molar-refractivity contribution in [2.75, 3.05) is 32.7 Å². The predicted molar refractivity (Wildman–Crippen MR) is 120 cm³/mol. The van der Waals surface area contributed by atoms with Gasteiger partial charge in [0.2, 0.25) is 15.9 Å². The summed E-state index contributed by atoms with van der Waals surface area (Å²) in [6.45, 7) is 12.2. The summed E-state index contributed by atoms with van der Waals surface area (Å²) in [6.07, 6.45) is 4.69. The topological polar surface area (TPSA) is 69.7 Å². The third kappa shape index (κ3) is 5.24. The van der Waals surface area contributed by atoms with Gasteiger partial charge < -0.3 is 10.2 Å². The fraction of sp³-hybridized carbons (Fsp3) is 0.696. The number of hydrogen-bond acceptors (Lipinski definition) is 4. The maximum Gasteiger partial charge on any atom is 0.244 e. The Morgan fingerprint density at radius 2 is 1.70 bits per heavy atom. The zero-order chi connectivity index (χ0) is 21.9. The highest BCUT2D eigenvalue weighted by molar-refractivity contribution is 7.89. The molecule has 0 aromatic heterocycles. The number of amides is 1. The van der Waals surface area contributed by atoms with Crippen LogP contribution in [0.4, 0.5) is 0 Å². The summed E-state index contributed by atoms with van der Waals surface area (Å²) in [5, 5.41) is 2.99. The van der Waals surface area contributed by atoms with Crippen LogP contribution in [0.3, 0.4) is 0 Å². The Balaban J connectivity index is 1.59. The monoisotopic (exact) mass is 435 g/mol. The van der Waals surface area contributed by atoms with E-state index in [2.05, 4.69) is 17.1 Å².